The quantitative estimate of drug-likeness (QED) is 0.585. The fourth-order valence-electron chi connectivity index (χ4n) is 4.73. The maximum absolute atomic E-state index is 13.3. The smallest absolute Gasteiger partial charge is 0.258 e. The predicted octanol–water partition coefficient (Wildman–Crippen LogP) is 2.76. The molecule has 0 unspecified atom stereocenters. The van der Waals surface area contributed by atoms with Crippen LogP contribution in [-0.2, 0) is 19.6 Å². The van der Waals surface area contributed by atoms with Crippen molar-refractivity contribution in [2.24, 2.45) is 0 Å². The van der Waals surface area contributed by atoms with Gasteiger partial charge in [-0.2, -0.15) is 5.10 Å². The molecule has 0 aliphatic carbocycles. The minimum atomic E-state index is -0.248. The van der Waals surface area contributed by atoms with Gasteiger partial charge in [0.2, 0.25) is 0 Å². The number of Topliss-reactive ketones (excluding diaryl/α,β-unsaturated/α-hetero) is 1. The van der Waals surface area contributed by atoms with Crippen LogP contribution in [-0.4, -0.2) is 74.9 Å². The number of fused-ring (bicyclic) bond motifs is 2. The number of aromatic hydroxyl groups is 1. The van der Waals surface area contributed by atoms with Crippen LogP contribution in [0.4, 0.5) is 0 Å². The van der Waals surface area contributed by atoms with Crippen LogP contribution in [0.2, 0.25) is 0 Å². The van der Waals surface area contributed by atoms with Crippen LogP contribution in [0, 0.1) is 0 Å². The van der Waals surface area contributed by atoms with Crippen LogP contribution in [0.3, 0.4) is 0 Å². The third-order valence-electron chi connectivity index (χ3n) is 6.78. The Morgan fingerprint density at radius 3 is 2.58 bits per heavy atom. The number of aromatic nitrogens is 2. The molecule has 2 aliphatic rings. The largest absolute Gasteiger partial charge is 0.507 e. The molecule has 0 saturated carbocycles. The molecule has 3 aromatic rings. The van der Waals surface area contributed by atoms with Crippen LogP contribution in [0.5, 0.6) is 5.75 Å². The summed E-state index contributed by atoms with van der Waals surface area (Å²) in [4.78, 5) is 32.1. The number of hydrogen-bond acceptors (Lipinski definition) is 6. The first-order chi connectivity index (χ1) is 15.9. The van der Waals surface area contributed by atoms with Crippen molar-refractivity contribution in [1.29, 1.82) is 0 Å². The predicted molar refractivity (Wildman–Crippen MR) is 125 cm³/mol. The SMILES string of the molecule is CCC(=O)c1n[nH]c2cc(O)c(C(=O)N3Cc4ccc(CN5CCN(C)CC5)cc4C3)cc12. The van der Waals surface area contributed by atoms with Crippen LogP contribution in [0.1, 0.15) is 50.9 Å². The van der Waals surface area contributed by atoms with Crippen molar-refractivity contribution in [3.05, 3.63) is 58.3 Å². The number of phenolic OH excluding ortho intramolecular Hbond substituents is 1. The van der Waals surface area contributed by atoms with Gasteiger partial charge >= 0.3 is 0 Å². The van der Waals surface area contributed by atoms with Crippen molar-refractivity contribution in [2.45, 2.75) is 33.0 Å². The van der Waals surface area contributed by atoms with E-state index in [0.29, 0.717) is 36.1 Å². The first kappa shape index (κ1) is 21.6. The summed E-state index contributed by atoms with van der Waals surface area (Å²) in [6.45, 7) is 8.01. The third kappa shape index (κ3) is 4.12. The number of aromatic amines is 1. The summed E-state index contributed by atoms with van der Waals surface area (Å²) in [5.41, 5.74) is 4.59. The van der Waals surface area contributed by atoms with E-state index in [4.69, 9.17) is 0 Å². The number of carbonyl (C=O) groups is 2. The summed E-state index contributed by atoms with van der Waals surface area (Å²) < 4.78 is 0. The molecule has 1 amide bonds. The molecule has 33 heavy (non-hydrogen) atoms. The van der Waals surface area contributed by atoms with Crippen molar-refractivity contribution >= 4 is 22.6 Å². The minimum absolute atomic E-state index is 0.105. The van der Waals surface area contributed by atoms with E-state index in [9.17, 15) is 14.7 Å². The Kier molecular flexibility index (Phi) is 5.64. The molecule has 0 atom stereocenters. The molecule has 2 N–H and O–H groups in total. The van der Waals surface area contributed by atoms with Crippen LogP contribution in [0.25, 0.3) is 10.9 Å². The second-order valence-corrected chi connectivity index (χ2v) is 9.11. The third-order valence-corrected chi connectivity index (χ3v) is 6.78. The van der Waals surface area contributed by atoms with Gasteiger partial charge in [-0.3, -0.25) is 19.6 Å². The molecule has 3 heterocycles. The van der Waals surface area contributed by atoms with E-state index in [-0.39, 0.29) is 23.0 Å². The zero-order valence-corrected chi connectivity index (χ0v) is 19.1. The van der Waals surface area contributed by atoms with Gasteiger partial charge in [-0.15, -0.1) is 0 Å². The molecule has 8 nitrogen and oxygen atoms in total. The highest BCUT2D eigenvalue weighted by Gasteiger charge is 2.28. The number of rotatable bonds is 5. The molecule has 0 bridgehead atoms. The lowest BCUT2D eigenvalue weighted by molar-refractivity contribution is 0.0748. The number of phenols is 1. The monoisotopic (exact) mass is 447 g/mol. The zero-order chi connectivity index (χ0) is 23.1. The van der Waals surface area contributed by atoms with Crippen molar-refractivity contribution in [3.63, 3.8) is 0 Å². The standard InChI is InChI=1S/C25H29N5O3/c1-3-22(31)24-19-11-20(23(32)12-21(19)26-27-24)25(33)30-14-17-5-4-16(10-18(17)15-30)13-29-8-6-28(2)7-9-29/h4-5,10-12,32H,3,6-9,13-15H2,1-2H3,(H,26,27). The van der Waals surface area contributed by atoms with Crippen LogP contribution >= 0.6 is 0 Å². The number of ketones is 1. The lowest BCUT2D eigenvalue weighted by Crippen LogP contribution is -2.43. The molecule has 0 spiro atoms. The summed E-state index contributed by atoms with van der Waals surface area (Å²) in [5, 5.41) is 17.9. The number of nitrogens with one attached hydrogen (secondary N) is 1. The Labute approximate surface area is 192 Å². The van der Waals surface area contributed by atoms with Gasteiger partial charge in [-0.25, -0.2) is 0 Å². The van der Waals surface area contributed by atoms with Gasteiger partial charge in [0.15, 0.2) is 5.78 Å². The Balaban J connectivity index is 1.34. The lowest BCUT2D eigenvalue weighted by Gasteiger charge is -2.32. The molecule has 1 fully saturated rings. The highest BCUT2D eigenvalue weighted by Crippen LogP contribution is 2.31. The first-order valence-electron chi connectivity index (χ1n) is 11.5. The zero-order valence-electron chi connectivity index (χ0n) is 19.1. The Morgan fingerprint density at radius 1 is 1.06 bits per heavy atom. The van der Waals surface area contributed by atoms with E-state index < -0.39 is 0 Å². The fourth-order valence-corrected chi connectivity index (χ4v) is 4.73. The van der Waals surface area contributed by atoms with Gasteiger partial charge in [-0.1, -0.05) is 25.1 Å². The number of carbonyl (C=O) groups excluding carboxylic acids is 2. The molecular formula is C25H29N5O3. The Bertz CT molecular complexity index is 1230. The molecule has 172 valence electrons. The normalized spacial score (nSPS) is 17.0. The highest BCUT2D eigenvalue weighted by atomic mass is 16.3. The molecule has 5 rings (SSSR count). The van der Waals surface area contributed by atoms with E-state index in [2.05, 4.69) is 45.2 Å². The molecule has 2 aromatic carbocycles. The summed E-state index contributed by atoms with van der Waals surface area (Å²) >= 11 is 0. The number of hydrogen-bond donors (Lipinski definition) is 2. The molecule has 1 aromatic heterocycles. The van der Waals surface area contributed by atoms with E-state index in [1.54, 1.807) is 17.9 Å². The van der Waals surface area contributed by atoms with Gasteiger partial charge in [0.25, 0.3) is 5.91 Å². The van der Waals surface area contributed by atoms with E-state index in [1.807, 2.05) is 0 Å². The average Bonchev–Trinajstić information content (AvgIpc) is 3.42. The van der Waals surface area contributed by atoms with E-state index in [1.165, 1.54) is 11.6 Å². The molecule has 2 aliphatic heterocycles. The second-order valence-electron chi connectivity index (χ2n) is 9.11. The number of benzene rings is 2. The number of nitrogens with zero attached hydrogens (tertiary/aromatic N) is 4. The number of amides is 1. The number of piperazine rings is 1. The van der Waals surface area contributed by atoms with Gasteiger partial charge < -0.3 is 14.9 Å². The number of likely N-dealkylation sites (N-methyl/N-ethyl adjacent to an activating group) is 1. The van der Waals surface area contributed by atoms with Gasteiger partial charge in [-0.05, 0) is 29.8 Å². The minimum Gasteiger partial charge on any atom is -0.507 e. The Morgan fingerprint density at radius 2 is 1.82 bits per heavy atom. The topological polar surface area (TPSA) is 92.8 Å². The van der Waals surface area contributed by atoms with E-state index in [0.717, 1.165) is 43.9 Å². The summed E-state index contributed by atoms with van der Waals surface area (Å²) in [5.74, 6) is -0.465. The summed E-state index contributed by atoms with van der Waals surface area (Å²) in [7, 11) is 2.16. The van der Waals surface area contributed by atoms with Gasteiger partial charge in [0, 0.05) is 63.7 Å². The van der Waals surface area contributed by atoms with Crippen molar-refractivity contribution in [3.8, 4) is 5.75 Å². The molecular weight excluding hydrogens is 418 g/mol. The van der Waals surface area contributed by atoms with Crippen molar-refractivity contribution in [1.82, 2.24) is 24.9 Å². The Hall–Kier alpha value is -3.23. The lowest BCUT2D eigenvalue weighted by atomic mass is 10.1. The fraction of sp³-hybridized carbons (Fsp3) is 0.400. The summed E-state index contributed by atoms with van der Waals surface area (Å²) in [6.07, 6.45) is 0.321. The maximum Gasteiger partial charge on any atom is 0.258 e. The second kappa shape index (κ2) is 8.61. The van der Waals surface area contributed by atoms with Crippen LogP contribution in [0.15, 0.2) is 30.3 Å². The van der Waals surface area contributed by atoms with Gasteiger partial charge in [0.1, 0.15) is 11.4 Å². The average molecular weight is 448 g/mol. The van der Waals surface area contributed by atoms with Crippen LogP contribution < -0.4 is 0 Å². The van der Waals surface area contributed by atoms with Crippen molar-refractivity contribution in [2.75, 3.05) is 33.2 Å². The van der Waals surface area contributed by atoms with Crippen molar-refractivity contribution < 1.29 is 14.7 Å². The van der Waals surface area contributed by atoms with Gasteiger partial charge in [0.05, 0.1) is 11.1 Å². The number of H-pyrrole nitrogens is 1. The summed E-state index contributed by atoms with van der Waals surface area (Å²) in [6, 6.07) is 9.53. The first-order valence-corrected chi connectivity index (χ1v) is 11.5. The van der Waals surface area contributed by atoms with E-state index >= 15 is 0 Å². The maximum atomic E-state index is 13.3. The molecule has 1 saturated heterocycles. The molecule has 0 radical (unpaired) electrons. The highest BCUT2D eigenvalue weighted by molar-refractivity contribution is 6.09. The molecule has 8 heteroatoms.